The van der Waals surface area contributed by atoms with E-state index in [4.69, 9.17) is 9.47 Å². The molecule has 0 aliphatic carbocycles. The Labute approximate surface area is 64.1 Å². The van der Waals surface area contributed by atoms with Gasteiger partial charge in [0.1, 0.15) is 12.5 Å². The fraction of sp³-hybridized carbons (Fsp3) is 0.667. The van der Waals surface area contributed by atoms with Crippen molar-refractivity contribution < 1.29 is 14.3 Å². The number of thioether (sulfide) groups is 1. The lowest BCUT2D eigenvalue weighted by molar-refractivity contribution is -0.140. The molecule has 1 atom stereocenters. The third-order valence-electron chi connectivity index (χ3n) is 1.07. The molecule has 1 aliphatic heterocycles. The maximum absolute atomic E-state index is 10.3. The maximum atomic E-state index is 10.3. The van der Waals surface area contributed by atoms with Gasteiger partial charge >= 0.3 is 5.97 Å². The van der Waals surface area contributed by atoms with E-state index in [1.54, 1.807) is 17.7 Å². The quantitative estimate of drug-likeness (QED) is 0.561. The summed E-state index contributed by atoms with van der Waals surface area (Å²) in [4.78, 5) is 10.3. The summed E-state index contributed by atoms with van der Waals surface area (Å²) in [6.45, 7) is 2.51. The number of carbonyl (C=O) groups is 1. The van der Waals surface area contributed by atoms with Gasteiger partial charge in [-0.1, -0.05) is 0 Å². The smallest absolute Gasteiger partial charge is 0.302 e. The predicted molar refractivity (Wildman–Crippen MR) is 38.3 cm³/mol. The highest BCUT2D eigenvalue weighted by Gasteiger charge is 2.17. The monoisotopic (exact) mass is 161 g/mol. The molecule has 10 heavy (non-hydrogen) atoms. The summed E-state index contributed by atoms with van der Waals surface area (Å²) in [6, 6.07) is 0. The Balaban J connectivity index is 2.07. The van der Waals surface area contributed by atoms with Gasteiger partial charge in [-0.25, -0.2) is 0 Å². The number of hydrogen-bond donors (Lipinski definition) is 0. The molecule has 1 aliphatic rings. The summed E-state index contributed by atoms with van der Waals surface area (Å²) < 4.78 is 9.70. The van der Waals surface area contributed by atoms with E-state index < -0.39 is 0 Å². The average molecular weight is 161 g/mol. The first-order chi connectivity index (χ1) is 4.79. The Hall–Kier alpha value is -0.220. The van der Waals surface area contributed by atoms with Crippen LogP contribution < -0.4 is 0 Å². The number of carbonyl (C=O) groups excluding carboxylic acids is 1. The van der Waals surface area contributed by atoms with Gasteiger partial charge < -0.3 is 9.47 Å². The highest BCUT2D eigenvalue weighted by atomic mass is 32.2. The van der Waals surface area contributed by atoms with Crippen LogP contribution in [0.15, 0.2) is 0 Å². The normalized spacial score (nSPS) is 24.7. The summed E-state index contributed by atoms with van der Waals surface area (Å²) in [5, 5.41) is 0.295. The summed E-state index contributed by atoms with van der Waals surface area (Å²) in [7, 11) is 0. The van der Waals surface area contributed by atoms with Gasteiger partial charge in [0.25, 0.3) is 0 Å². The van der Waals surface area contributed by atoms with Gasteiger partial charge in [-0.3, -0.25) is 4.79 Å². The maximum Gasteiger partial charge on any atom is 0.302 e. The van der Waals surface area contributed by atoms with Gasteiger partial charge in [-0.15, -0.1) is 11.8 Å². The molecular formula is C6H9O3S. The lowest BCUT2D eigenvalue weighted by Gasteiger charge is -2.04. The second kappa shape index (κ2) is 3.83. The third-order valence-corrected chi connectivity index (χ3v) is 1.97. The van der Waals surface area contributed by atoms with Crippen molar-refractivity contribution in [2.75, 3.05) is 13.2 Å². The van der Waals surface area contributed by atoms with Crippen molar-refractivity contribution in [1.82, 2.24) is 0 Å². The standard InChI is InChI=1S/C6H9O3S/c1-5(7)9-3-6-2-8-4-10-6/h4,6H,2-3H2,1H3. The summed E-state index contributed by atoms with van der Waals surface area (Å²) in [5.74, 6) is 1.45. The molecule has 0 spiro atoms. The topological polar surface area (TPSA) is 35.5 Å². The van der Waals surface area contributed by atoms with Crippen LogP contribution in [-0.2, 0) is 14.3 Å². The minimum Gasteiger partial charge on any atom is -0.465 e. The molecule has 3 nitrogen and oxygen atoms in total. The third kappa shape index (κ3) is 2.58. The molecule has 0 N–H and O–H groups in total. The molecule has 1 heterocycles. The molecule has 0 amide bonds. The molecule has 57 valence electrons. The Kier molecular flexibility index (Phi) is 3.02. The number of hydrogen-bond acceptors (Lipinski definition) is 4. The van der Waals surface area contributed by atoms with Gasteiger partial charge in [-0.2, -0.15) is 0 Å². The molecule has 1 unspecified atom stereocenters. The minimum absolute atomic E-state index is 0.229. The van der Waals surface area contributed by atoms with E-state index in [-0.39, 0.29) is 5.97 Å². The van der Waals surface area contributed by atoms with Crippen LogP contribution in [0.25, 0.3) is 0 Å². The van der Waals surface area contributed by atoms with Crippen LogP contribution >= 0.6 is 11.8 Å². The first kappa shape index (κ1) is 7.88. The van der Waals surface area contributed by atoms with Crippen LogP contribution in [0.4, 0.5) is 0 Å². The Morgan fingerprint density at radius 1 is 2.00 bits per heavy atom. The van der Waals surface area contributed by atoms with Gasteiger partial charge in [0.2, 0.25) is 0 Å². The van der Waals surface area contributed by atoms with Crippen molar-refractivity contribution in [3.05, 3.63) is 5.94 Å². The average Bonchev–Trinajstić information content (AvgIpc) is 2.34. The number of esters is 1. The molecule has 0 bridgehead atoms. The van der Waals surface area contributed by atoms with E-state index in [1.807, 2.05) is 0 Å². The van der Waals surface area contributed by atoms with E-state index in [9.17, 15) is 4.79 Å². The van der Waals surface area contributed by atoms with Crippen LogP contribution in [0.5, 0.6) is 0 Å². The van der Waals surface area contributed by atoms with E-state index in [0.717, 1.165) is 0 Å². The minimum atomic E-state index is -0.229. The molecule has 4 heteroatoms. The molecule has 1 saturated heterocycles. The number of ether oxygens (including phenoxy) is 2. The molecule has 1 radical (unpaired) electrons. The second-order valence-corrected chi connectivity index (χ2v) is 3.12. The van der Waals surface area contributed by atoms with Crippen LogP contribution in [0.1, 0.15) is 6.92 Å². The van der Waals surface area contributed by atoms with Crippen molar-refractivity contribution in [2.24, 2.45) is 0 Å². The summed E-state index contributed by atoms with van der Waals surface area (Å²) in [6.07, 6.45) is 0. The highest BCUT2D eigenvalue weighted by Crippen LogP contribution is 2.23. The van der Waals surface area contributed by atoms with Gasteiger partial charge in [0, 0.05) is 6.92 Å². The molecule has 0 aromatic carbocycles. The predicted octanol–water partition coefficient (Wildman–Crippen LogP) is 0.801. The highest BCUT2D eigenvalue weighted by molar-refractivity contribution is 8.01. The van der Waals surface area contributed by atoms with E-state index in [0.29, 0.717) is 18.5 Å². The molecule has 1 rings (SSSR count). The van der Waals surface area contributed by atoms with Crippen molar-refractivity contribution in [3.8, 4) is 0 Å². The lowest BCUT2D eigenvalue weighted by atomic mass is 10.5. The van der Waals surface area contributed by atoms with Crippen LogP contribution in [-0.4, -0.2) is 24.4 Å². The fourth-order valence-corrected chi connectivity index (χ4v) is 1.22. The second-order valence-electron chi connectivity index (χ2n) is 1.99. The van der Waals surface area contributed by atoms with Crippen LogP contribution in [0.2, 0.25) is 0 Å². The lowest BCUT2D eigenvalue weighted by Crippen LogP contribution is -2.14. The Bertz CT molecular complexity index is 120. The Morgan fingerprint density at radius 3 is 3.30 bits per heavy atom. The largest absolute Gasteiger partial charge is 0.465 e. The van der Waals surface area contributed by atoms with E-state index >= 15 is 0 Å². The first-order valence-corrected chi connectivity index (χ1v) is 3.95. The van der Waals surface area contributed by atoms with E-state index in [1.165, 1.54) is 6.92 Å². The summed E-state index contributed by atoms with van der Waals surface area (Å²) in [5.41, 5.74) is 0. The first-order valence-electron chi connectivity index (χ1n) is 3.01. The molecule has 0 saturated carbocycles. The molecule has 1 fully saturated rings. The van der Waals surface area contributed by atoms with E-state index in [2.05, 4.69) is 0 Å². The fourth-order valence-electron chi connectivity index (χ4n) is 0.601. The molecule has 0 aromatic rings. The zero-order valence-corrected chi connectivity index (χ0v) is 6.52. The summed E-state index contributed by atoms with van der Waals surface area (Å²) >= 11 is 1.56. The number of rotatable bonds is 2. The van der Waals surface area contributed by atoms with Gasteiger partial charge in [0.15, 0.2) is 0 Å². The van der Waals surface area contributed by atoms with Crippen molar-refractivity contribution in [2.45, 2.75) is 12.2 Å². The SMILES string of the molecule is CC(=O)OCC1CO[CH]S1. The zero-order chi connectivity index (χ0) is 7.40. The van der Waals surface area contributed by atoms with Gasteiger partial charge in [-0.05, 0) is 0 Å². The van der Waals surface area contributed by atoms with Crippen molar-refractivity contribution in [1.29, 1.82) is 0 Å². The molecular weight excluding hydrogens is 152 g/mol. The zero-order valence-electron chi connectivity index (χ0n) is 5.70. The van der Waals surface area contributed by atoms with Crippen molar-refractivity contribution in [3.63, 3.8) is 0 Å². The molecule has 0 aromatic heterocycles. The van der Waals surface area contributed by atoms with Gasteiger partial charge in [0.05, 0.1) is 11.9 Å². The van der Waals surface area contributed by atoms with Crippen molar-refractivity contribution >= 4 is 17.7 Å². The van der Waals surface area contributed by atoms with Crippen LogP contribution in [0, 0.1) is 5.94 Å². The van der Waals surface area contributed by atoms with Crippen LogP contribution in [0.3, 0.4) is 0 Å². The Morgan fingerprint density at radius 2 is 2.80 bits per heavy atom.